The summed E-state index contributed by atoms with van der Waals surface area (Å²) >= 11 is 0. The van der Waals surface area contributed by atoms with Crippen molar-refractivity contribution in [1.82, 2.24) is 4.90 Å². The molecule has 0 aliphatic carbocycles. The minimum absolute atomic E-state index is 0.0993. The molecule has 2 aromatic rings. The molecule has 0 amide bonds. The van der Waals surface area contributed by atoms with E-state index in [9.17, 15) is 4.79 Å². The van der Waals surface area contributed by atoms with Crippen molar-refractivity contribution >= 4 is 5.97 Å². The number of likely N-dealkylation sites (tertiary alicyclic amines) is 1. The number of nitrogens with zero attached hydrogens (tertiary/aromatic N) is 1. The van der Waals surface area contributed by atoms with Crippen LogP contribution in [-0.2, 0) is 17.1 Å². The quantitative estimate of drug-likeness (QED) is 0.814. The van der Waals surface area contributed by atoms with Crippen LogP contribution in [0.15, 0.2) is 54.6 Å². The number of carboxylic acid groups (broad SMARTS) is 1. The summed E-state index contributed by atoms with van der Waals surface area (Å²) in [5.41, 5.74) is 0.326. The van der Waals surface area contributed by atoms with Gasteiger partial charge in [0.05, 0.1) is 6.42 Å². The van der Waals surface area contributed by atoms with Crippen LogP contribution in [-0.4, -0.2) is 35.6 Å². The summed E-state index contributed by atoms with van der Waals surface area (Å²) in [6.07, 6.45) is 0.839. The molecule has 0 saturated carbocycles. The monoisotopic (exact) mass is 357 g/mol. The van der Waals surface area contributed by atoms with Crippen molar-refractivity contribution in [1.29, 1.82) is 0 Å². The average Bonchev–Trinajstić information content (AvgIpc) is 2.67. The van der Waals surface area contributed by atoms with Crippen LogP contribution in [0.3, 0.4) is 0 Å². The summed E-state index contributed by atoms with van der Waals surface area (Å²) in [7, 11) is 0. The number of hydrogen-bond acceptors (Lipinski definition) is 3. The van der Waals surface area contributed by atoms with Crippen molar-refractivity contribution < 1.29 is 19.0 Å². The van der Waals surface area contributed by atoms with Gasteiger partial charge in [-0.15, -0.1) is 0 Å². The second-order valence-corrected chi connectivity index (χ2v) is 6.75. The molecule has 0 aromatic heterocycles. The lowest BCUT2D eigenvalue weighted by Gasteiger charge is -2.36. The Labute approximate surface area is 153 Å². The summed E-state index contributed by atoms with van der Waals surface area (Å²) in [5, 5.41) is 8.77. The Kier molecular flexibility index (Phi) is 5.89. The fraction of sp³-hybridized carbons (Fsp3) is 0.381. The van der Waals surface area contributed by atoms with Gasteiger partial charge in [0.2, 0.25) is 0 Å². The van der Waals surface area contributed by atoms with Crippen molar-refractivity contribution in [3.63, 3.8) is 0 Å². The average molecular weight is 357 g/mol. The van der Waals surface area contributed by atoms with Gasteiger partial charge in [-0.2, -0.15) is 0 Å². The van der Waals surface area contributed by atoms with Crippen LogP contribution >= 0.6 is 0 Å². The number of hydrogen-bond donors (Lipinski definition) is 1. The Morgan fingerprint density at radius 1 is 1.12 bits per heavy atom. The summed E-state index contributed by atoms with van der Waals surface area (Å²) in [6.45, 7) is 2.07. The summed E-state index contributed by atoms with van der Waals surface area (Å²) in [4.78, 5) is 12.7. The lowest BCUT2D eigenvalue weighted by molar-refractivity contribution is -0.137. The molecule has 0 atom stereocenters. The Morgan fingerprint density at radius 3 is 2.54 bits per heavy atom. The zero-order valence-corrected chi connectivity index (χ0v) is 14.7. The third-order valence-corrected chi connectivity index (χ3v) is 4.89. The lowest BCUT2D eigenvalue weighted by atomic mass is 9.86. The summed E-state index contributed by atoms with van der Waals surface area (Å²) in [5.74, 6) is -0.151. The molecule has 4 nitrogen and oxygen atoms in total. The number of benzene rings is 2. The molecule has 0 unspecified atom stereocenters. The molecular formula is C21H24FNO3. The van der Waals surface area contributed by atoms with E-state index in [1.807, 2.05) is 53.4 Å². The molecule has 5 heteroatoms. The number of ether oxygens (including phenoxy) is 1. The van der Waals surface area contributed by atoms with Crippen LogP contribution in [0.25, 0.3) is 0 Å². The summed E-state index contributed by atoms with van der Waals surface area (Å²) in [6, 6.07) is 17.1. The van der Waals surface area contributed by atoms with Crippen LogP contribution < -0.4 is 4.74 Å². The topological polar surface area (TPSA) is 49.8 Å². The van der Waals surface area contributed by atoms with Crippen LogP contribution in [0.2, 0.25) is 0 Å². The van der Waals surface area contributed by atoms with Crippen molar-refractivity contribution in [2.24, 2.45) is 0 Å². The van der Waals surface area contributed by atoms with E-state index in [0.717, 1.165) is 5.56 Å². The van der Waals surface area contributed by atoms with Gasteiger partial charge in [0.1, 0.15) is 18.0 Å². The van der Waals surface area contributed by atoms with Gasteiger partial charge in [-0.25, -0.2) is 4.39 Å². The number of carboxylic acids is 1. The second kappa shape index (κ2) is 8.32. The normalized spacial score (nSPS) is 17.0. The standard InChI is InChI=1S/C21H24FNO3/c22-21(10-13-23(14-11-21)12-9-20(24)25)18-7-4-8-19(15-18)26-16-17-5-2-1-3-6-17/h1-8,15H,9-14,16H2,(H,24,25). The predicted molar refractivity (Wildman–Crippen MR) is 97.9 cm³/mol. The zero-order valence-electron chi connectivity index (χ0n) is 14.7. The zero-order chi connectivity index (χ0) is 18.4. The highest BCUT2D eigenvalue weighted by atomic mass is 19.1. The van der Waals surface area contributed by atoms with E-state index in [1.165, 1.54) is 0 Å². The largest absolute Gasteiger partial charge is 0.489 e. The van der Waals surface area contributed by atoms with Gasteiger partial charge in [-0.3, -0.25) is 4.79 Å². The lowest BCUT2D eigenvalue weighted by Crippen LogP contribution is -2.41. The third kappa shape index (κ3) is 4.82. The second-order valence-electron chi connectivity index (χ2n) is 6.75. The Bertz CT molecular complexity index is 727. The van der Waals surface area contributed by atoms with Gasteiger partial charge >= 0.3 is 5.97 Å². The molecule has 1 heterocycles. The molecule has 2 aromatic carbocycles. The van der Waals surface area contributed by atoms with E-state index >= 15 is 4.39 Å². The molecule has 138 valence electrons. The molecule has 0 spiro atoms. The van der Waals surface area contributed by atoms with Gasteiger partial charge in [0.25, 0.3) is 0 Å². The third-order valence-electron chi connectivity index (χ3n) is 4.89. The van der Waals surface area contributed by atoms with E-state index in [1.54, 1.807) is 6.07 Å². The minimum Gasteiger partial charge on any atom is -0.489 e. The molecule has 1 saturated heterocycles. The highest BCUT2D eigenvalue weighted by molar-refractivity contribution is 5.66. The van der Waals surface area contributed by atoms with Crippen molar-refractivity contribution in [2.45, 2.75) is 31.5 Å². The van der Waals surface area contributed by atoms with Crippen LogP contribution in [0, 0.1) is 0 Å². The molecule has 3 rings (SSSR count). The number of alkyl halides is 1. The molecule has 0 bridgehead atoms. The molecule has 1 aliphatic heterocycles. The van der Waals surface area contributed by atoms with E-state index < -0.39 is 11.6 Å². The Hall–Kier alpha value is -2.40. The van der Waals surface area contributed by atoms with Crippen molar-refractivity contribution in [3.05, 3.63) is 65.7 Å². The number of rotatable bonds is 7. The highest BCUT2D eigenvalue weighted by Crippen LogP contribution is 2.38. The highest BCUT2D eigenvalue weighted by Gasteiger charge is 2.36. The minimum atomic E-state index is -1.38. The number of aliphatic carboxylic acids is 1. The molecule has 0 radical (unpaired) electrons. The van der Waals surface area contributed by atoms with Crippen LogP contribution in [0.5, 0.6) is 5.75 Å². The first-order chi connectivity index (χ1) is 12.5. The van der Waals surface area contributed by atoms with Gasteiger partial charge in [-0.05, 0) is 36.1 Å². The molecule has 1 N–H and O–H groups in total. The van der Waals surface area contributed by atoms with Crippen molar-refractivity contribution in [3.8, 4) is 5.75 Å². The predicted octanol–water partition coefficient (Wildman–Crippen LogP) is 4.00. The fourth-order valence-corrected chi connectivity index (χ4v) is 3.28. The van der Waals surface area contributed by atoms with E-state index in [2.05, 4.69) is 0 Å². The molecule has 1 aliphatic rings. The van der Waals surface area contributed by atoms with E-state index in [0.29, 0.717) is 50.4 Å². The fourth-order valence-electron chi connectivity index (χ4n) is 3.28. The molecular weight excluding hydrogens is 333 g/mol. The number of piperidine rings is 1. The van der Waals surface area contributed by atoms with Crippen LogP contribution in [0.1, 0.15) is 30.4 Å². The van der Waals surface area contributed by atoms with Gasteiger partial charge in [0, 0.05) is 19.6 Å². The van der Waals surface area contributed by atoms with E-state index in [-0.39, 0.29) is 6.42 Å². The van der Waals surface area contributed by atoms with Gasteiger partial charge in [-0.1, -0.05) is 42.5 Å². The maximum atomic E-state index is 15.4. The number of carbonyl (C=O) groups is 1. The van der Waals surface area contributed by atoms with Gasteiger partial charge < -0.3 is 14.7 Å². The maximum absolute atomic E-state index is 15.4. The van der Waals surface area contributed by atoms with Crippen molar-refractivity contribution in [2.75, 3.05) is 19.6 Å². The first-order valence-corrected chi connectivity index (χ1v) is 8.95. The first kappa shape index (κ1) is 18.4. The SMILES string of the molecule is O=C(O)CCN1CCC(F)(c2cccc(OCc3ccccc3)c2)CC1. The van der Waals surface area contributed by atoms with Crippen LogP contribution in [0.4, 0.5) is 4.39 Å². The smallest absolute Gasteiger partial charge is 0.304 e. The van der Waals surface area contributed by atoms with Gasteiger partial charge in [0.15, 0.2) is 0 Å². The maximum Gasteiger partial charge on any atom is 0.304 e. The Balaban J connectivity index is 1.59. The summed E-state index contributed by atoms with van der Waals surface area (Å²) < 4.78 is 21.2. The number of halogens is 1. The molecule has 1 fully saturated rings. The Morgan fingerprint density at radius 2 is 1.85 bits per heavy atom. The first-order valence-electron chi connectivity index (χ1n) is 8.95. The van der Waals surface area contributed by atoms with E-state index in [4.69, 9.17) is 9.84 Å². The molecule has 26 heavy (non-hydrogen) atoms.